The summed E-state index contributed by atoms with van der Waals surface area (Å²) in [5.74, 6) is -0.198. The lowest BCUT2D eigenvalue weighted by molar-refractivity contribution is -0.118. The van der Waals surface area contributed by atoms with E-state index < -0.39 is 11.7 Å². The zero-order valence-electron chi connectivity index (χ0n) is 11.6. The summed E-state index contributed by atoms with van der Waals surface area (Å²) in [6.45, 7) is 3.74. The van der Waals surface area contributed by atoms with E-state index in [1.165, 1.54) is 12.1 Å². The van der Waals surface area contributed by atoms with Crippen molar-refractivity contribution in [3.63, 3.8) is 0 Å². The van der Waals surface area contributed by atoms with Gasteiger partial charge in [-0.2, -0.15) is 5.10 Å². The van der Waals surface area contributed by atoms with Gasteiger partial charge in [0.2, 0.25) is 0 Å². The van der Waals surface area contributed by atoms with Gasteiger partial charge in [-0.15, -0.1) is 0 Å². The quantitative estimate of drug-likeness (QED) is 0.862. The number of nitrogens with zero attached hydrogens (tertiary/aromatic N) is 1. The molecule has 2 rings (SSSR count). The molecule has 21 heavy (non-hydrogen) atoms. The maximum Gasteiger partial charge on any atom is 0.263 e. The molecule has 1 aromatic carbocycles. The lowest BCUT2D eigenvalue weighted by Crippen LogP contribution is -2.20. The van der Waals surface area contributed by atoms with Gasteiger partial charge in [0.25, 0.3) is 5.91 Å². The molecule has 5 nitrogen and oxygen atoms in total. The van der Waals surface area contributed by atoms with Gasteiger partial charge >= 0.3 is 0 Å². The highest BCUT2D eigenvalue weighted by Gasteiger charge is 2.10. The molecule has 0 radical (unpaired) electrons. The second-order valence-corrected chi connectivity index (χ2v) is 5.69. The molecule has 1 heterocycles. The van der Waals surface area contributed by atoms with E-state index in [-0.39, 0.29) is 18.3 Å². The lowest BCUT2D eigenvalue weighted by Gasteiger charge is -2.07. The number of ether oxygens (including phenoxy) is 1. The Morgan fingerprint density at radius 1 is 1.48 bits per heavy atom. The molecule has 0 aliphatic heterocycles. The summed E-state index contributed by atoms with van der Waals surface area (Å²) < 4.78 is 19.3. The topological polar surface area (TPSA) is 67.0 Å². The number of anilines is 1. The lowest BCUT2D eigenvalue weighted by atomic mass is 10.1. The number of benzene rings is 1. The Kier molecular flexibility index (Phi) is 4.95. The van der Waals surface area contributed by atoms with E-state index in [1.807, 2.05) is 13.8 Å². The van der Waals surface area contributed by atoms with Crippen molar-refractivity contribution in [3.8, 4) is 5.75 Å². The summed E-state index contributed by atoms with van der Waals surface area (Å²) in [5, 5.41) is 9.38. The highest BCUT2D eigenvalue weighted by atomic mass is 79.9. The minimum Gasteiger partial charge on any atom is -0.481 e. The maximum absolute atomic E-state index is 13.5. The zero-order chi connectivity index (χ0) is 15.4. The van der Waals surface area contributed by atoms with Crippen LogP contribution >= 0.6 is 15.9 Å². The third-order valence-electron chi connectivity index (χ3n) is 2.74. The third kappa shape index (κ3) is 4.29. The molecule has 1 amide bonds. The Labute approximate surface area is 130 Å². The van der Waals surface area contributed by atoms with Crippen molar-refractivity contribution in [2.24, 2.45) is 0 Å². The molecule has 0 saturated carbocycles. The van der Waals surface area contributed by atoms with Gasteiger partial charge in [-0.1, -0.05) is 29.8 Å². The van der Waals surface area contributed by atoms with E-state index in [0.29, 0.717) is 10.3 Å². The van der Waals surface area contributed by atoms with Crippen molar-refractivity contribution in [1.82, 2.24) is 10.2 Å². The molecule has 0 atom stereocenters. The van der Waals surface area contributed by atoms with Crippen LogP contribution < -0.4 is 10.1 Å². The molecule has 1 aromatic heterocycles. The summed E-state index contributed by atoms with van der Waals surface area (Å²) in [5.41, 5.74) is 0.921. The Morgan fingerprint density at radius 3 is 2.86 bits per heavy atom. The van der Waals surface area contributed by atoms with Crippen LogP contribution in [0.15, 0.2) is 28.7 Å². The van der Waals surface area contributed by atoms with E-state index in [1.54, 1.807) is 12.1 Å². The van der Waals surface area contributed by atoms with Crippen LogP contribution in [0.2, 0.25) is 0 Å². The number of carbonyl (C=O) groups excluding carboxylic acids is 1. The minimum atomic E-state index is -0.529. The van der Waals surface area contributed by atoms with E-state index in [4.69, 9.17) is 4.74 Å². The molecular formula is C14H15BrFN3O2. The fourth-order valence-electron chi connectivity index (χ4n) is 1.61. The Balaban J connectivity index is 1.89. The smallest absolute Gasteiger partial charge is 0.263 e. The average Bonchev–Trinajstić information content (AvgIpc) is 2.86. The first-order valence-electron chi connectivity index (χ1n) is 6.38. The molecule has 112 valence electrons. The van der Waals surface area contributed by atoms with Gasteiger partial charge in [0, 0.05) is 16.2 Å². The number of aromatic nitrogens is 2. The van der Waals surface area contributed by atoms with Gasteiger partial charge in [-0.05, 0) is 24.1 Å². The molecule has 0 saturated heterocycles. The number of carbonyl (C=O) groups is 1. The van der Waals surface area contributed by atoms with Gasteiger partial charge < -0.3 is 10.1 Å². The Bertz CT molecular complexity index is 643. The first-order valence-corrected chi connectivity index (χ1v) is 7.18. The predicted octanol–water partition coefficient (Wildman–Crippen LogP) is 3.45. The summed E-state index contributed by atoms with van der Waals surface area (Å²) in [6, 6.07) is 6.12. The highest BCUT2D eigenvalue weighted by Crippen LogP contribution is 2.21. The van der Waals surface area contributed by atoms with Crippen LogP contribution in [-0.4, -0.2) is 22.7 Å². The van der Waals surface area contributed by atoms with Gasteiger partial charge in [-0.3, -0.25) is 9.89 Å². The summed E-state index contributed by atoms with van der Waals surface area (Å²) in [7, 11) is 0. The first kappa shape index (κ1) is 15.5. The third-order valence-corrected chi connectivity index (χ3v) is 3.23. The minimum absolute atomic E-state index is 0.0262. The number of nitrogens with one attached hydrogen (secondary N) is 2. The molecule has 0 fully saturated rings. The van der Waals surface area contributed by atoms with Crippen LogP contribution in [0.5, 0.6) is 5.75 Å². The maximum atomic E-state index is 13.5. The number of rotatable bonds is 5. The summed E-state index contributed by atoms with van der Waals surface area (Å²) in [6.07, 6.45) is 0. The van der Waals surface area contributed by atoms with E-state index in [2.05, 4.69) is 31.4 Å². The summed E-state index contributed by atoms with van der Waals surface area (Å²) in [4.78, 5) is 11.7. The zero-order valence-corrected chi connectivity index (χ0v) is 13.2. The van der Waals surface area contributed by atoms with Crippen LogP contribution in [0.1, 0.15) is 25.5 Å². The van der Waals surface area contributed by atoms with Crippen LogP contribution in [0.3, 0.4) is 0 Å². The number of hydrogen-bond acceptors (Lipinski definition) is 3. The van der Waals surface area contributed by atoms with Crippen molar-refractivity contribution in [2.45, 2.75) is 19.8 Å². The number of halogens is 2. The van der Waals surface area contributed by atoms with Gasteiger partial charge in [0.15, 0.2) is 24.0 Å². The second-order valence-electron chi connectivity index (χ2n) is 4.77. The van der Waals surface area contributed by atoms with E-state index >= 15 is 0 Å². The molecule has 0 aliphatic carbocycles. The van der Waals surface area contributed by atoms with Crippen molar-refractivity contribution in [3.05, 3.63) is 40.2 Å². The molecule has 0 bridgehead atoms. The molecule has 0 spiro atoms. The largest absolute Gasteiger partial charge is 0.481 e. The second kappa shape index (κ2) is 6.71. The van der Waals surface area contributed by atoms with Crippen molar-refractivity contribution in [2.75, 3.05) is 11.9 Å². The van der Waals surface area contributed by atoms with Gasteiger partial charge in [-0.25, -0.2) is 4.39 Å². The monoisotopic (exact) mass is 355 g/mol. The van der Waals surface area contributed by atoms with Crippen LogP contribution in [-0.2, 0) is 4.79 Å². The predicted molar refractivity (Wildman–Crippen MR) is 80.9 cm³/mol. The fourth-order valence-corrected chi connectivity index (χ4v) is 1.94. The molecule has 2 aromatic rings. The average molecular weight is 356 g/mol. The number of amides is 1. The molecule has 2 N–H and O–H groups in total. The molecule has 0 unspecified atom stereocenters. The molecule has 0 aliphatic rings. The van der Waals surface area contributed by atoms with Crippen molar-refractivity contribution < 1.29 is 13.9 Å². The molecular weight excluding hydrogens is 341 g/mol. The molecule has 7 heteroatoms. The van der Waals surface area contributed by atoms with Gasteiger partial charge in [0.1, 0.15) is 0 Å². The standard InChI is InChI=1S/C14H15BrFN3O2/c1-8(2)11-6-13(19-18-11)17-14(20)7-21-12-4-3-9(15)5-10(12)16/h3-6,8H,7H2,1-2H3,(H2,17,18,19,20). The van der Waals surface area contributed by atoms with Crippen LogP contribution in [0.4, 0.5) is 10.2 Å². The van der Waals surface area contributed by atoms with Crippen LogP contribution in [0, 0.1) is 5.82 Å². The first-order chi connectivity index (χ1) is 9.95. The summed E-state index contributed by atoms with van der Waals surface area (Å²) >= 11 is 3.15. The van der Waals surface area contributed by atoms with Gasteiger partial charge in [0.05, 0.1) is 0 Å². The SMILES string of the molecule is CC(C)c1cc(NC(=O)COc2ccc(Br)cc2F)n[nH]1. The van der Waals surface area contributed by atoms with E-state index in [9.17, 15) is 9.18 Å². The van der Waals surface area contributed by atoms with Crippen molar-refractivity contribution >= 4 is 27.7 Å². The van der Waals surface area contributed by atoms with E-state index in [0.717, 1.165) is 5.69 Å². The number of H-pyrrole nitrogens is 1. The van der Waals surface area contributed by atoms with Crippen LogP contribution in [0.25, 0.3) is 0 Å². The Hall–Kier alpha value is -1.89. The normalized spacial score (nSPS) is 10.7. The number of aromatic amines is 1. The van der Waals surface area contributed by atoms with Crippen molar-refractivity contribution in [1.29, 1.82) is 0 Å². The highest BCUT2D eigenvalue weighted by molar-refractivity contribution is 9.10. The fraction of sp³-hybridized carbons (Fsp3) is 0.286. The Morgan fingerprint density at radius 2 is 2.24 bits per heavy atom. The number of hydrogen-bond donors (Lipinski definition) is 2.